The van der Waals surface area contributed by atoms with Crippen LogP contribution in [0.15, 0.2) is 18.5 Å². The second kappa shape index (κ2) is 3.83. The Morgan fingerprint density at radius 1 is 1.08 bits per heavy atom. The highest BCUT2D eigenvalue weighted by Crippen LogP contribution is 2.30. The Kier molecular flexibility index (Phi) is 2.54. The van der Waals surface area contributed by atoms with Crippen molar-refractivity contribution in [2.75, 3.05) is 0 Å². The summed E-state index contributed by atoms with van der Waals surface area (Å²) in [6.45, 7) is 0. The van der Waals surface area contributed by atoms with Gasteiger partial charge in [-0.1, -0.05) is 0 Å². The van der Waals surface area contributed by atoms with E-state index in [1.165, 1.54) is 0 Å². The van der Waals surface area contributed by atoms with E-state index in [1.54, 1.807) is 12.4 Å². The lowest BCUT2D eigenvalue weighted by Crippen LogP contribution is -2.18. The van der Waals surface area contributed by atoms with Crippen LogP contribution < -0.4 is 0 Å². The minimum absolute atomic E-state index is 0.0973. The van der Waals surface area contributed by atoms with Crippen molar-refractivity contribution in [3.63, 3.8) is 0 Å². The second-order valence-corrected chi connectivity index (χ2v) is 3.61. The lowest BCUT2D eigenvalue weighted by Gasteiger charge is -2.23. The third kappa shape index (κ3) is 2.04. The molecule has 0 saturated heterocycles. The zero-order valence-electron chi connectivity index (χ0n) is 7.56. The molecular weight excluding hydrogens is 164 g/mol. The highest BCUT2D eigenvalue weighted by Gasteiger charge is 2.22. The van der Waals surface area contributed by atoms with Crippen molar-refractivity contribution >= 4 is 0 Å². The van der Waals surface area contributed by atoms with Gasteiger partial charge in [0.2, 0.25) is 0 Å². The van der Waals surface area contributed by atoms with E-state index < -0.39 is 0 Å². The van der Waals surface area contributed by atoms with Crippen molar-refractivity contribution in [1.29, 1.82) is 0 Å². The summed E-state index contributed by atoms with van der Waals surface area (Å²) < 4.78 is 0. The van der Waals surface area contributed by atoms with E-state index in [0.717, 1.165) is 31.5 Å². The van der Waals surface area contributed by atoms with Crippen molar-refractivity contribution in [3.8, 4) is 0 Å². The van der Waals surface area contributed by atoms with Crippen molar-refractivity contribution in [2.45, 2.75) is 37.7 Å². The summed E-state index contributed by atoms with van der Waals surface area (Å²) in [6, 6.07) is 1.83. The summed E-state index contributed by atoms with van der Waals surface area (Å²) in [5, 5.41) is 9.33. The van der Waals surface area contributed by atoms with Crippen LogP contribution in [0.5, 0.6) is 0 Å². The molecule has 1 N–H and O–H groups in total. The van der Waals surface area contributed by atoms with Crippen molar-refractivity contribution in [2.24, 2.45) is 0 Å². The number of hydrogen-bond donors (Lipinski definition) is 1. The Morgan fingerprint density at radius 2 is 1.69 bits per heavy atom. The fourth-order valence-electron chi connectivity index (χ4n) is 1.86. The van der Waals surface area contributed by atoms with Gasteiger partial charge in [0.25, 0.3) is 0 Å². The van der Waals surface area contributed by atoms with Crippen molar-refractivity contribution < 1.29 is 5.11 Å². The van der Waals surface area contributed by atoms with Gasteiger partial charge in [-0.2, -0.15) is 0 Å². The van der Waals surface area contributed by atoms with E-state index in [2.05, 4.69) is 9.97 Å². The summed E-state index contributed by atoms with van der Waals surface area (Å²) in [5.74, 6) is 1.40. The summed E-state index contributed by atoms with van der Waals surface area (Å²) in [6.07, 6.45) is 7.29. The monoisotopic (exact) mass is 178 g/mol. The van der Waals surface area contributed by atoms with Crippen LogP contribution in [-0.2, 0) is 0 Å². The Morgan fingerprint density at radius 3 is 2.31 bits per heavy atom. The number of rotatable bonds is 1. The first kappa shape index (κ1) is 8.63. The molecule has 2 rings (SSSR count). The molecule has 1 aliphatic rings. The number of hydrogen-bond acceptors (Lipinski definition) is 3. The first-order chi connectivity index (χ1) is 6.36. The lowest BCUT2D eigenvalue weighted by molar-refractivity contribution is 0.121. The zero-order valence-corrected chi connectivity index (χ0v) is 7.56. The molecule has 0 aromatic carbocycles. The summed E-state index contributed by atoms with van der Waals surface area (Å²) in [7, 11) is 0. The van der Waals surface area contributed by atoms with Crippen LogP contribution in [0.25, 0.3) is 0 Å². The van der Waals surface area contributed by atoms with E-state index in [-0.39, 0.29) is 6.10 Å². The van der Waals surface area contributed by atoms with Gasteiger partial charge in [-0.3, -0.25) is 0 Å². The van der Waals surface area contributed by atoms with Crippen LogP contribution in [0.1, 0.15) is 37.4 Å². The smallest absolute Gasteiger partial charge is 0.131 e. The quantitative estimate of drug-likeness (QED) is 0.708. The van der Waals surface area contributed by atoms with E-state index in [1.807, 2.05) is 6.07 Å². The molecule has 1 aromatic rings. The molecule has 0 atom stereocenters. The van der Waals surface area contributed by atoms with Gasteiger partial charge < -0.3 is 5.11 Å². The van der Waals surface area contributed by atoms with Gasteiger partial charge in [-0.05, 0) is 31.7 Å². The van der Waals surface area contributed by atoms with E-state index in [0.29, 0.717) is 5.92 Å². The molecule has 0 unspecified atom stereocenters. The van der Waals surface area contributed by atoms with Crippen LogP contribution in [0, 0.1) is 0 Å². The predicted octanol–water partition coefficient (Wildman–Crippen LogP) is 1.50. The Labute approximate surface area is 77.8 Å². The fourth-order valence-corrected chi connectivity index (χ4v) is 1.86. The first-order valence-electron chi connectivity index (χ1n) is 4.81. The van der Waals surface area contributed by atoms with Gasteiger partial charge in [0.15, 0.2) is 0 Å². The summed E-state index contributed by atoms with van der Waals surface area (Å²) in [5.41, 5.74) is 0. The van der Waals surface area contributed by atoms with Crippen molar-refractivity contribution in [1.82, 2.24) is 9.97 Å². The maximum Gasteiger partial charge on any atom is 0.131 e. The third-order valence-corrected chi connectivity index (χ3v) is 2.65. The zero-order chi connectivity index (χ0) is 9.10. The minimum Gasteiger partial charge on any atom is -0.393 e. The SMILES string of the molecule is O[C@H]1CC[C@H](c2ncccn2)CC1. The largest absolute Gasteiger partial charge is 0.393 e. The van der Waals surface area contributed by atoms with Gasteiger partial charge in [-0.15, -0.1) is 0 Å². The molecule has 13 heavy (non-hydrogen) atoms. The summed E-state index contributed by atoms with van der Waals surface area (Å²) >= 11 is 0. The Bertz CT molecular complexity index is 255. The lowest BCUT2D eigenvalue weighted by atomic mass is 9.87. The number of aliphatic hydroxyl groups is 1. The number of nitrogens with zero attached hydrogens (tertiary/aromatic N) is 2. The highest BCUT2D eigenvalue weighted by atomic mass is 16.3. The van der Waals surface area contributed by atoms with Crippen LogP contribution in [-0.4, -0.2) is 21.2 Å². The maximum absolute atomic E-state index is 9.33. The topological polar surface area (TPSA) is 46.0 Å². The molecule has 3 heteroatoms. The molecule has 3 nitrogen and oxygen atoms in total. The molecule has 0 bridgehead atoms. The number of aliphatic hydroxyl groups excluding tert-OH is 1. The standard InChI is InChI=1S/C10H14N2O/c13-9-4-2-8(3-5-9)10-11-6-1-7-12-10/h1,6-9,13H,2-5H2/t8-,9-. The molecule has 1 aromatic heterocycles. The third-order valence-electron chi connectivity index (χ3n) is 2.65. The molecule has 0 amide bonds. The van der Waals surface area contributed by atoms with Crippen LogP contribution in [0.4, 0.5) is 0 Å². The number of aromatic nitrogens is 2. The van der Waals surface area contributed by atoms with Crippen LogP contribution >= 0.6 is 0 Å². The van der Waals surface area contributed by atoms with Gasteiger partial charge >= 0.3 is 0 Å². The Balaban J connectivity index is 2.03. The van der Waals surface area contributed by atoms with Gasteiger partial charge in [0, 0.05) is 18.3 Å². The van der Waals surface area contributed by atoms with E-state index >= 15 is 0 Å². The molecule has 0 spiro atoms. The maximum atomic E-state index is 9.33. The van der Waals surface area contributed by atoms with Gasteiger partial charge in [0.1, 0.15) is 5.82 Å². The molecule has 1 aliphatic carbocycles. The average Bonchev–Trinajstić information content (AvgIpc) is 2.20. The normalized spacial score (nSPS) is 28.7. The average molecular weight is 178 g/mol. The molecule has 70 valence electrons. The molecular formula is C10H14N2O. The van der Waals surface area contributed by atoms with E-state index in [9.17, 15) is 5.11 Å². The Hall–Kier alpha value is -0.960. The highest BCUT2D eigenvalue weighted by molar-refractivity contribution is 4.98. The van der Waals surface area contributed by atoms with Gasteiger partial charge in [0.05, 0.1) is 6.10 Å². The van der Waals surface area contributed by atoms with Crippen LogP contribution in [0.2, 0.25) is 0 Å². The predicted molar refractivity (Wildman–Crippen MR) is 49.2 cm³/mol. The van der Waals surface area contributed by atoms with E-state index in [4.69, 9.17) is 0 Å². The first-order valence-corrected chi connectivity index (χ1v) is 4.81. The molecule has 1 saturated carbocycles. The molecule has 1 heterocycles. The fraction of sp³-hybridized carbons (Fsp3) is 0.600. The van der Waals surface area contributed by atoms with Gasteiger partial charge in [-0.25, -0.2) is 9.97 Å². The van der Waals surface area contributed by atoms with Crippen molar-refractivity contribution in [3.05, 3.63) is 24.3 Å². The molecule has 0 aliphatic heterocycles. The second-order valence-electron chi connectivity index (χ2n) is 3.61. The van der Waals surface area contributed by atoms with Crippen LogP contribution in [0.3, 0.4) is 0 Å². The molecule has 0 radical (unpaired) electrons. The molecule has 1 fully saturated rings. The minimum atomic E-state index is -0.0973. The summed E-state index contributed by atoms with van der Waals surface area (Å²) in [4.78, 5) is 8.47.